The third kappa shape index (κ3) is 3.15. The fourth-order valence-electron chi connectivity index (χ4n) is 3.95. The average Bonchev–Trinajstić information content (AvgIpc) is 2.32. The van der Waals surface area contributed by atoms with E-state index in [1.807, 2.05) is 0 Å². The Morgan fingerprint density at radius 1 is 0.682 bits per heavy atom. The molecule has 0 amide bonds. The highest BCUT2D eigenvalue weighted by atomic mass is 32.2. The van der Waals surface area contributed by atoms with Crippen molar-refractivity contribution >= 4 is 20.2 Å². The standard InChI is InChI=1S/C14H20O6S2/c1-21(15,16)19-7-13-11-5-6-12(10-4-3-9(10)11)14(13)8-20-22(2,17)18/h3-6,9-14H,7-8H2,1-2H3. The predicted octanol–water partition coefficient (Wildman–Crippen LogP) is 0.789. The molecule has 8 heteroatoms. The topological polar surface area (TPSA) is 86.7 Å². The van der Waals surface area contributed by atoms with Gasteiger partial charge in [-0.2, -0.15) is 16.8 Å². The summed E-state index contributed by atoms with van der Waals surface area (Å²) >= 11 is 0. The van der Waals surface area contributed by atoms with Crippen molar-refractivity contribution in [3.63, 3.8) is 0 Å². The molecule has 6 unspecified atom stereocenters. The average molecular weight is 348 g/mol. The number of fused-ring (bicyclic) bond motifs is 1. The highest BCUT2D eigenvalue weighted by Crippen LogP contribution is 2.56. The van der Waals surface area contributed by atoms with E-state index in [9.17, 15) is 16.8 Å². The van der Waals surface area contributed by atoms with E-state index in [-0.39, 0.29) is 36.9 Å². The van der Waals surface area contributed by atoms with E-state index in [0.29, 0.717) is 11.8 Å². The molecule has 1 fully saturated rings. The minimum Gasteiger partial charge on any atom is -0.270 e. The van der Waals surface area contributed by atoms with Gasteiger partial charge in [-0.1, -0.05) is 24.3 Å². The zero-order valence-corrected chi connectivity index (χ0v) is 14.1. The maximum Gasteiger partial charge on any atom is 0.264 e. The molecule has 0 N–H and O–H groups in total. The molecule has 0 spiro atoms. The summed E-state index contributed by atoms with van der Waals surface area (Å²) in [5.41, 5.74) is 0. The molecule has 4 aliphatic rings. The fraction of sp³-hybridized carbons (Fsp3) is 0.714. The summed E-state index contributed by atoms with van der Waals surface area (Å²) in [4.78, 5) is 0. The molecule has 0 aliphatic heterocycles. The Morgan fingerprint density at radius 3 is 1.27 bits per heavy atom. The van der Waals surface area contributed by atoms with Crippen LogP contribution in [-0.4, -0.2) is 42.6 Å². The first-order chi connectivity index (χ1) is 10.2. The summed E-state index contributed by atoms with van der Waals surface area (Å²) in [7, 11) is -7.04. The normalized spacial score (nSPS) is 39.5. The number of hydrogen-bond acceptors (Lipinski definition) is 6. The van der Waals surface area contributed by atoms with Crippen LogP contribution >= 0.6 is 0 Å². The minimum absolute atomic E-state index is 0.0577. The molecule has 4 rings (SSSR count). The third-order valence-electron chi connectivity index (χ3n) is 4.93. The zero-order valence-electron chi connectivity index (χ0n) is 12.5. The molecule has 4 aliphatic carbocycles. The van der Waals surface area contributed by atoms with Gasteiger partial charge in [-0.3, -0.25) is 8.37 Å². The van der Waals surface area contributed by atoms with Crippen LogP contribution in [0.15, 0.2) is 24.3 Å². The van der Waals surface area contributed by atoms with Gasteiger partial charge in [-0.25, -0.2) is 0 Å². The van der Waals surface area contributed by atoms with Crippen molar-refractivity contribution in [2.45, 2.75) is 0 Å². The van der Waals surface area contributed by atoms with Crippen LogP contribution in [0.25, 0.3) is 0 Å². The molecule has 2 bridgehead atoms. The van der Waals surface area contributed by atoms with E-state index in [4.69, 9.17) is 8.37 Å². The summed E-state index contributed by atoms with van der Waals surface area (Å²) in [6.45, 7) is 0.137. The van der Waals surface area contributed by atoms with Crippen molar-refractivity contribution < 1.29 is 25.2 Å². The minimum atomic E-state index is -3.52. The molecule has 6 atom stereocenters. The van der Waals surface area contributed by atoms with Crippen LogP contribution in [0, 0.1) is 35.5 Å². The van der Waals surface area contributed by atoms with Crippen molar-refractivity contribution in [1.82, 2.24) is 0 Å². The predicted molar refractivity (Wildman–Crippen MR) is 80.8 cm³/mol. The van der Waals surface area contributed by atoms with E-state index < -0.39 is 20.2 Å². The Balaban J connectivity index is 1.80. The molecule has 0 aromatic heterocycles. The lowest BCUT2D eigenvalue weighted by molar-refractivity contribution is -0.0113. The van der Waals surface area contributed by atoms with E-state index >= 15 is 0 Å². The largest absolute Gasteiger partial charge is 0.270 e. The first kappa shape index (κ1) is 16.2. The molecule has 22 heavy (non-hydrogen) atoms. The van der Waals surface area contributed by atoms with E-state index in [0.717, 1.165) is 12.5 Å². The second-order valence-corrected chi connectivity index (χ2v) is 9.67. The summed E-state index contributed by atoms with van der Waals surface area (Å²) in [5.74, 6) is 1.04. The molecule has 0 aromatic carbocycles. The lowest BCUT2D eigenvalue weighted by Gasteiger charge is -2.55. The Hall–Kier alpha value is -0.700. The van der Waals surface area contributed by atoms with Crippen LogP contribution in [0.2, 0.25) is 0 Å². The van der Waals surface area contributed by atoms with Crippen molar-refractivity contribution in [2.75, 3.05) is 25.7 Å². The van der Waals surface area contributed by atoms with Crippen molar-refractivity contribution in [3.8, 4) is 0 Å². The van der Waals surface area contributed by atoms with Gasteiger partial charge in [0.25, 0.3) is 20.2 Å². The molecule has 6 nitrogen and oxygen atoms in total. The fourth-order valence-corrected chi connectivity index (χ4v) is 4.76. The van der Waals surface area contributed by atoms with Crippen LogP contribution in [0.3, 0.4) is 0 Å². The summed E-state index contributed by atoms with van der Waals surface area (Å²) in [6, 6.07) is 0. The molecule has 0 aromatic rings. The quantitative estimate of drug-likeness (QED) is 0.521. The second kappa shape index (κ2) is 5.43. The van der Waals surface area contributed by atoms with Gasteiger partial charge in [0.2, 0.25) is 0 Å². The maximum atomic E-state index is 11.3. The van der Waals surface area contributed by atoms with Crippen LogP contribution < -0.4 is 0 Å². The first-order valence-electron chi connectivity index (χ1n) is 7.21. The second-order valence-electron chi connectivity index (χ2n) is 6.38. The lowest BCUT2D eigenvalue weighted by atomic mass is 9.50. The Labute approximate surface area is 131 Å². The summed E-state index contributed by atoms with van der Waals surface area (Å²) < 4.78 is 55.1. The monoisotopic (exact) mass is 348 g/mol. The molecular weight excluding hydrogens is 328 g/mol. The molecule has 0 radical (unpaired) electrons. The van der Waals surface area contributed by atoms with Crippen molar-refractivity contribution in [2.24, 2.45) is 35.5 Å². The van der Waals surface area contributed by atoms with Gasteiger partial charge < -0.3 is 0 Å². The van der Waals surface area contributed by atoms with Crippen LogP contribution in [-0.2, 0) is 28.6 Å². The van der Waals surface area contributed by atoms with Gasteiger partial charge in [-0.05, 0) is 35.5 Å². The number of hydrogen-bond donors (Lipinski definition) is 0. The van der Waals surface area contributed by atoms with Gasteiger partial charge in [0, 0.05) is 0 Å². The van der Waals surface area contributed by atoms with Crippen molar-refractivity contribution in [3.05, 3.63) is 24.3 Å². The van der Waals surface area contributed by atoms with Crippen molar-refractivity contribution in [1.29, 1.82) is 0 Å². The van der Waals surface area contributed by atoms with Crippen LogP contribution in [0.4, 0.5) is 0 Å². The number of rotatable bonds is 6. The zero-order chi connectivity index (χ0) is 16.1. The molecular formula is C14H20O6S2. The summed E-state index contributed by atoms with van der Waals surface area (Å²) in [5, 5.41) is 0. The van der Waals surface area contributed by atoms with Gasteiger partial charge >= 0.3 is 0 Å². The first-order valence-corrected chi connectivity index (χ1v) is 10.8. The van der Waals surface area contributed by atoms with E-state index in [1.165, 1.54) is 0 Å². The smallest absolute Gasteiger partial charge is 0.264 e. The highest BCUT2D eigenvalue weighted by molar-refractivity contribution is 7.86. The van der Waals surface area contributed by atoms with Gasteiger partial charge in [0.05, 0.1) is 25.7 Å². The molecule has 124 valence electrons. The van der Waals surface area contributed by atoms with Crippen LogP contribution in [0.1, 0.15) is 0 Å². The Kier molecular flexibility index (Phi) is 3.99. The maximum absolute atomic E-state index is 11.3. The SMILES string of the molecule is CS(=O)(=O)OCC1C2C=CC(C3C=CC32)C1COS(C)(=O)=O. The van der Waals surface area contributed by atoms with Gasteiger partial charge in [0.1, 0.15) is 0 Å². The number of allylic oxidation sites excluding steroid dienone is 4. The van der Waals surface area contributed by atoms with E-state index in [1.54, 1.807) is 0 Å². The van der Waals surface area contributed by atoms with Crippen LogP contribution in [0.5, 0.6) is 0 Å². The van der Waals surface area contributed by atoms with E-state index in [2.05, 4.69) is 24.3 Å². The third-order valence-corrected chi connectivity index (χ3v) is 6.06. The van der Waals surface area contributed by atoms with Gasteiger partial charge in [-0.15, -0.1) is 0 Å². The highest BCUT2D eigenvalue weighted by Gasteiger charge is 2.52. The molecule has 0 heterocycles. The Bertz CT molecular complexity index is 646. The summed E-state index contributed by atoms with van der Waals surface area (Å²) in [6.07, 6.45) is 10.6. The van der Waals surface area contributed by atoms with Gasteiger partial charge in [0.15, 0.2) is 0 Å². The lowest BCUT2D eigenvalue weighted by Crippen LogP contribution is -2.52. The Morgan fingerprint density at radius 2 is 1.00 bits per heavy atom. The molecule has 0 saturated heterocycles. The molecule has 1 saturated carbocycles.